The molecule has 0 spiro atoms. The summed E-state index contributed by atoms with van der Waals surface area (Å²) < 4.78 is 0.985. The lowest BCUT2D eigenvalue weighted by Crippen LogP contribution is -2.46. The monoisotopic (exact) mass is 330 g/mol. The summed E-state index contributed by atoms with van der Waals surface area (Å²) >= 11 is 9.55. The minimum atomic E-state index is 0.231. The average molecular weight is 332 g/mol. The van der Waals surface area contributed by atoms with E-state index >= 15 is 0 Å². The molecule has 0 aliphatic carbocycles. The van der Waals surface area contributed by atoms with E-state index in [9.17, 15) is 4.79 Å². The van der Waals surface area contributed by atoms with Crippen LogP contribution in [-0.2, 0) is 11.3 Å². The van der Waals surface area contributed by atoms with E-state index in [1.165, 1.54) is 0 Å². The van der Waals surface area contributed by atoms with Crippen LogP contribution in [0.25, 0.3) is 0 Å². The van der Waals surface area contributed by atoms with Crippen molar-refractivity contribution in [3.05, 3.63) is 33.3 Å². The molecule has 18 heavy (non-hydrogen) atoms. The fraction of sp³-hybridized carbons (Fsp3) is 0.462. The zero-order chi connectivity index (χ0) is 13.1. The van der Waals surface area contributed by atoms with Gasteiger partial charge in [0.25, 0.3) is 0 Å². The molecule has 1 N–H and O–H groups in total. The number of nitrogens with one attached hydrogen (secondary N) is 1. The Morgan fingerprint density at radius 3 is 3.00 bits per heavy atom. The lowest BCUT2D eigenvalue weighted by molar-refractivity contribution is -0.132. The van der Waals surface area contributed by atoms with Gasteiger partial charge in [0.05, 0.1) is 0 Å². The van der Waals surface area contributed by atoms with Crippen LogP contribution in [-0.4, -0.2) is 30.4 Å². The molecule has 5 heteroatoms. The van der Waals surface area contributed by atoms with Crippen LogP contribution in [0.3, 0.4) is 0 Å². The topological polar surface area (TPSA) is 32.3 Å². The molecule has 3 nitrogen and oxygen atoms in total. The molecular weight excluding hydrogens is 316 g/mol. The van der Waals surface area contributed by atoms with E-state index in [2.05, 4.69) is 21.2 Å². The lowest BCUT2D eigenvalue weighted by Gasteiger charge is -2.30. The second kappa shape index (κ2) is 6.04. The highest BCUT2D eigenvalue weighted by Crippen LogP contribution is 2.21. The molecule has 0 aromatic heterocycles. The molecule has 1 amide bonds. The summed E-state index contributed by atoms with van der Waals surface area (Å²) in [5.41, 5.74) is 1.08. The summed E-state index contributed by atoms with van der Waals surface area (Å²) in [6.07, 6.45) is 1.53. The Labute approximate surface area is 121 Å². The molecule has 0 radical (unpaired) electrons. The van der Waals surface area contributed by atoms with Crippen LogP contribution in [0.5, 0.6) is 0 Å². The minimum Gasteiger partial charge on any atom is -0.344 e. The summed E-state index contributed by atoms with van der Waals surface area (Å²) in [6, 6.07) is 6.25. The number of benzene rings is 1. The van der Waals surface area contributed by atoms with Crippen LogP contribution < -0.4 is 5.32 Å². The van der Waals surface area contributed by atoms with E-state index in [-0.39, 0.29) is 5.91 Å². The quantitative estimate of drug-likeness (QED) is 0.924. The summed E-state index contributed by atoms with van der Waals surface area (Å²) in [6.45, 7) is 1.51. The van der Waals surface area contributed by atoms with E-state index < -0.39 is 0 Å². The van der Waals surface area contributed by atoms with E-state index in [1.807, 2.05) is 25.2 Å². The third kappa shape index (κ3) is 3.46. The van der Waals surface area contributed by atoms with Crippen molar-refractivity contribution in [2.75, 3.05) is 13.6 Å². The van der Waals surface area contributed by atoms with Crippen LogP contribution in [0.2, 0.25) is 5.02 Å². The number of likely N-dealkylation sites (N-methyl/N-ethyl adjacent to an activating group) is 1. The van der Waals surface area contributed by atoms with Crippen LogP contribution in [0, 0.1) is 0 Å². The van der Waals surface area contributed by atoms with Gasteiger partial charge < -0.3 is 10.2 Å². The summed E-state index contributed by atoms with van der Waals surface area (Å²) in [4.78, 5) is 13.2. The molecule has 1 heterocycles. The molecule has 1 aromatic rings. The van der Waals surface area contributed by atoms with Crippen LogP contribution in [0.15, 0.2) is 22.7 Å². The van der Waals surface area contributed by atoms with Gasteiger partial charge in [-0.25, -0.2) is 0 Å². The Kier molecular flexibility index (Phi) is 4.65. The maximum atomic E-state index is 11.4. The van der Waals surface area contributed by atoms with Gasteiger partial charge in [0.15, 0.2) is 0 Å². The molecule has 1 unspecified atom stereocenters. The first-order chi connectivity index (χ1) is 8.56. The smallest absolute Gasteiger partial charge is 0.222 e. The van der Waals surface area contributed by atoms with Gasteiger partial charge in [0, 0.05) is 42.1 Å². The molecule has 1 atom stereocenters. The SMILES string of the molecule is CN1CC(NCc2ccc(Br)cc2Cl)CCC1=O. The standard InChI is InChI=1S/C13H16BrClN2O/c1-17-8-11(4-5-13(17)18)16-7-9-2-3-10(14)6-12(9)15/h2-3,6,11,16H,4-5,7-8H2,1H3. The summed E-state index contributed by atoms with van der Waals surface area (Å²) in [7, 11) is 1.85. The molecule has 0 saturated carbocycles. The number of carbonyl (C=O) groups is 1. The van der Waals surface area contributed by atoms with E-state index in [0.717, 1.165) is 34.6 Å². The highest BCUT2D eigenvalue weighted by molar-refractivity contribution is 9.10. The third-order valence-corrected chi connectivity index (χ3v) is 4.07. The van der Waals surface area contributed by atoms with Crippen molar-refractivity contribution >= 4 is 33.4 Å². The van der Waals surface area contributed by atoms with Crippen LogP contribution in [0.4, 0.5) is 0 Å². The molecule has 1 aromatic carbocycles. The van der Waals surface area contributed by atoms with Crippen molar-refractivity contribution in [2.24, 2.45) is 0 Å². The number of hydrogen-bond donors (Lipinski definition) is 1. The number of rotatable bonds is 3. The molecule has 1 saturated heterocycles. The van der Waals surface area contributed by atoms with E-state index in [0.29, 0.717) is 12.5 Å². The molecule has 0 bridgehead atoms. The number of piperidine rings is 1. The summed E-state index contributed by atoms with van der Waals surface area (Å²) in [5.74, 6) is 0.231. The van der Waals surface area contributed by atoms with Gasteiger partial charge in [0.1, 0.15) is 0 Å². The number of hydrogen-bond acceptors (Lipinski definition) is 2. The Bertz CT molecular complexity index is 453. The number of carbonyl (C=O) groups excluding carboxylic acids is 1. The highest BCUT2D eigenvalue weighted by atomic mass is 79.9. The number of amides is 1. The van der Waals surface area contributed by atoms with Crippen molar-refractivity contribution in [1.29, 1.82) is 0 Å². The second-order valence-electron chi connectivity index (χ2n) is 4.63. The van der Waals surface area contributed by atoms with Gasteiger partial charge >= 0.3 is 0 Å². The zero-order valence-electron chi connectivity index (χ0n) is 10.2. The van der Waals surface area contributed by atoms with Crippen LogP contribution >= 0.6 is 27.5 Å². The Morgan fingerprint density at radius 2 is 2.33 bits per heavy atom. The highest BCUT2D eigenvalue weighted by Gasteiger charge is 2.22. The normalized spacial score (nSPS) is 20.3. The van der Waals surface area contributed by atoms with Crippen molar-refractivity contribution in [3.63, 3.8) is 0 Å². The first kappa shape index (κ1) is 13.8. The Hall–Kier alpha value is -0.580. The molecule has 2 rings (SSSR count). The summed E-state index contributed by atoms with van der Waals surface area (Å²) in [5, 5.41) is 4.22. The largest absolute Gasteiger partial charge is 0.344 e. The molecule has 1 aliphatic rings. The van der Waals surface area contributed by atoms with Crippen molar-refractivity contribution in [3.8, 4) is 0 Å². The predicted octanol–water partition coefficient (Wildman–Crippen LogP) is 2.81. The average Bonchev–Trinajstić information content (AvgIpc) is 2.32. The maximum absolute atomic E-state index is 11.4. The molecule has 1 fully saturated rings. The fourth-order valence-electron chi connectivity index (χ4n) is 2.10. The van der Waals surface area contributed by atoms with E-state index in [4.69, 9.17) is 11.6 Å². The van der Waals surface area contributed by atoms with Gasteiger partial charge in [-0.3, -0.25) is 4.79 Å². The van der Waals surface area contributed by atoms with Crippen molar-refractivity contribution < 1.29 is 4.79 Å². The lowest BCUT2D eigenvalue weighted by atomic mass is 10.1. The maximum Gasteiger partial charge on any atom is 0.222 e. The molecule has 1 aliphatic heterocycles. The Balaban J connectivity index is 1.90. The first-order valence-electron chi connectivity index (χ1n) is 5.97. The Morgan fingerprint density at radius 1 is 1.56 bits per heavy atom. The van der Waals surface area contributed by atoms with Crippen molar-refractivity contribution in [2.45, 2.75) is 25.4 Å². The molecular formula is C13H16BrClN2O. The predicted molar refractivity (Wildman–Crippen MR) is 76.7 cm³/mol. The van der Waals surface area contributed by atoms with Gasteiger partial charge in [-0.1, -0.05) is 33.6 Å². The van der Waals surface area contributed by atoms with Crippen molar-refractivity contribution in [1.82, 2.24) is 10.2 Å². The first-order valence-corrected chi connectivity index (χ1v) is 7.14. The zero-order valence-corrected chi connectivity index (χ0v) is 12.6. The molecule has 98 valence electrons. The fourth-order valence-corrected chi connectivity index (χ4v) is 2.84. The number of likely N-dealkylation sites (tertiary alicyclic amines) is 1. The van der Waals surface area contributed by atoms with Gasteiger partial charge in [-0.2, -0.15) is 0 Å². The van der Waals surface area contributed by atoms with Crippen LogP contribution in [0.1, 0.15) is 18.4 Å². The second-order valence-corrected chi connectivity index (χ2v) is 5.95. The van der Waals surface area contributed by atoms with Gasteiger partial charge in [-0.15, -0.1) is 0 Å². The van der Waals surface area contributed by atoms with Gasteiger partial charge in [-0.05, 0) is 24.1 Å². The third-order valence-electron chi connectivity index (χ3n) is 3.22. The minimum absolute atomic E-state index is 0.231. The number of halogens is 2. The van der Waals surface area contributed by atoms with E-state index in [1.54, 1.807) is 4.90 Å². The van der Waals surface area contributed by atoms with Gasteiger partial charge in [0.2, 0.25) is 5.91 Å². The number of nitrogens with zero attached hydrogens (tertiary/aromatic N) is 1.